The van der Waals surface area contributed by atoms with Crippen molar-refractivity contribution in [3.8, 4) is 0 Å². The van der Waals surface area contributed by atoms with Crippen LogP contribution in [0.2, 0.25) is 0 Å². The number of fused-ring (bicyclic) bond motifs is 1. The van der Waals surface area contributed by atoms with Crippen molar-refractivity contribution in [2.75, 3.05) is 13.1 Å². The van der Waals surface area contributed by atoms with E-state index >= 15 is 0 Å². The second-order valence-electron chi connectivity index (χ2n) is 5.29. The number of benzene rings is 1. The first-order valence-electron chi connectivity index (χ1n) is 7.00. The van der Waals surface area contributed by atoms with Gasteiger partial charge in [-0.3, -0.25) is 4.79 Å². The monoisotopic (exact) mass is 354 g/mol. The molecule has 0 saturated heterocycles. The fourth-order valence-electron chi connectivity index (χ4n) is 2.52. The van der Waals surface area contributed by atoms with E-state index in [-0.39, 0.29) is 12.5 Å². The summed E-state index contributed by atoms with van der Waals surface area (Å²) in [4.78, 5) is 24.3. The molecule has 2 rings (SSSR count). The topological polar surface area (TPSA) is 69.6 Å². The van der Waals surface area contributed by atoms with E-state index in [0.29, 0.717) is 26.1 Å². The molecule has 0 radical (unpaired) electrons. The van der Waals surface area contributed by atoms with Crippen molar-refractivity contribution < 1.29 is 14.7 Å². The molecule has 1 aliphatic heterocycles. The summed E-state index contributed by atoms with van der Waals surface area (Å²) in [6.45, 7) is 3.71. The molecule has 2 amide bonds. The first-order chi connectivity index (χ1) is 9.97. The largest absolute Gasteiger partial charge is 0.481 e. The van der Waals surface area contributed by atoms with Crippen LogP contribution in [0.4, 0.5) is 4.79 Å². The molecule has 0 bridgehead atoms. The van der Waals surface area contributed by atoms with Crippen LogP contribution >= 0.6 is 15.9 Å². The summed E-state index contributed by atoms with van der Waals surface area (Å²) in [5, 5.41) is 11.3. The standard InChI is InChI=1S/C15H19BrN2O3/c1-10-7-11-9-18(6-4-12(11)13(16)8-10)15(21)17-5-2-3-14(19)20/h7-8H,2-6,9H2,1H3,(H,17,21)(H,19,20). The molecule has 21 heavy (non-hydrogen) atoms. The maximum Gasteiger partial charge on any atom is 0.317 e. The third kappa shape index (κ3) is 4.20. The Morgan fingerprint density at radius 3 is 2.90 bits per heavy atom. The molecule has 0 saturated carbocycles. The van der Waals surface area contributed by atoms with Crippen molar-refractivity contribution in [2.24, 2.45) is 0 Å². The summed E-state index contributed by atoms with van der Waals surface area (Å²) in [6, 6.07) is 4.09. The Kier molecular flexibility index (Phi) is 5.22. The molecule has 114 valence electrons. The summed E-state index contributed by atoms with van der Waals surface area (Å²) in [6.07, 6.45) is 1.37. The smallest absolute Gasteiger partial charge is 0.317 e. The van der Waals surface area contributed by atoms with Crippen LogP contribution in [0, 0.1) is 6.92 Å². The highest BCUT2D eigenvalue weighted by molar-refractivity contribution is 9.10. The fraction of sp³-hybridized carbons (Fsp3) is 0.467. The van der Waals surface area contributed by atoms with Crippen LogP contribution in [0.1, 0.15) is 29.5 Å². The normalized spacial score (nSPS) is 13.7. The molecule has 0 atom stereocenters. The Bertz CT molecular complexity index is 560. The molecule has 1 aliphatic rings. The Hall–Kier alpha value is -1.56. The minimum atomic E-state index is -0.837. The quantitative estimate of drug-likeness (QED) is 0.816. The number of aryl methyl sites for hydroxylation is 1. The van der Waals surface area contributed by atoms with E-state index in [1.54, 1.807) is 4.90 Å². The van der Waals surface area contributed by atoms with E-state index in [1.807, 2.05) is 6.92 Å². The molecule has 1 heterocycles. The molecule has 0 aliphatic carbocycles. The fourth-order valence-corrected chi connectivity index (χ4v) is 3.33. The Labute approximate surface area is 132 Å². The highest BCUT2D eigenvalue weighted by Crippen LogP contribution is 2.28. The first kappa shape index (κ1) is 15.8. The molecule has 1 aromatic rings. The SMILES string of the molecule is Cc1cc(Br)c2c(c1)CN(C(=O)NCCCC(=O)O)CC2. The van der Waals surface area contributed by atoms with Crippen molar-refractivity contribution in [3.63, 3.8) is 0 Å². The van der Waals surface area contributed by atoms with Gasteiger partial charge in [-0.1, -0.05) is 22.0 Å². The van der Waals surface area contributed by atoms with Gasteiger partial charge in [0.1, 0.15) is 0 Å². The van der Waals surface area contributed by atoms with Gasteiger partial charge in [-0.2, -0.15) is 0 Å². The Morgan fingerprint density at radius 1 is 1.43 bits per heavy atom. The van der Waals surface area contributed by atoms with Crippen LogP contribution in [0.15, 0.2) is 16.6 Å². The lowest BCUT2D eigenvalue weighted by atomic mass is 9.98. The van der Waals surface area contributed by atoms with Crippen LogP contribution in [0.3, 0.4) is 0 Å². The van der Waals surface area contributed by atoms with Gasteiger partial charge in [-0.15, -0.1) is 0 Å². The zero-order chi connectivity index (χ0) is 15.4. The number of rotatable bonds is 4. The third-order valence-electron chi connectivity index (χ3n) is 3.56. The van der Waals surface area contributed by atoms with Gasteiger partial charge in [0.2, 0.25) is 0 Å². The molecule has 0 fully saturated rings. The van der Waals surface area contributed by atoms with Crippen LogP contribution in [-0.4, -0.2) is 35.1 Å². The van der Waals surface area contributed by atoms with E-state index in [1.165, 1.54) is 16.7 Å². The summed E-state index contributed by atoms with van der Waals surface area (Å²) < 4.78 is 1.11. The van der Waals surface area contributed by atoms with E-state index in [0.717, 1.165) is 10.9 Å². The van der Waals surface area contributed by atoms with E-state index in [2.05, 4.69) is 33.4 Å². The third-order valence-corrected chi connectivity index (χ3v) is 4.26. The second-order valence-corrected chi connectivity index (χ2v) is 6.14. The molecule has 0 spiro atoms. The van der Waals surface area contributed by atoms with Gasteiger partial charge < -0.3 is 15.3 Å². The maximum atomic E-state index is 12.1. The molecule has 6 heteroatoms. The number of carbonyl (C=O) groups is 2. The van der Waals surface area contributed by atoms with Gasteiger partial charge >= 0.3 is 12.0 Å². The minimum Gasteiger partial charge on any atom is -0.481 e. The average molecular weight is 355 g/mol. The summed E-state index contributed by atoms with van der Waals surface area (Å²) in [5.74, 6) is -0.837. The van der Waals surface area contributed by atoms with Gasteiger partial charge in [0, 0.05) is 30.5 Å². The summed E-state index contributed by atoms with van der Waals surface area (Å²) in [7, 11) is 0. The lowest BCUT2D eigenvalue weighted by Gasteiger charge is -2.30. The zero-order valence-corrected chi connectivity index (χ0v) is 13.6. The number of urea groups is 1. The number of halogens is 1. The van der Waals surface area contributed by atoms with Crippen LogP contribution < -0.4 is 5.32 Å². The second kappa shape index (κ2) is 6.93. The predicted octanol–water partition coefficient (Wildman–Crippen LogP) is 2.69. The molecular weight excluding hydrogens is 336 g/mol. The highest BCUT2D eigenvalue weighted by Gasteiger charge is 2.22. The average Bonchev–Trinajstić information content (AvgIpc) is 2.42. The minimum absolute atomic E-state index is 0.0786. The molecule has 1 aromatic carbocycles. The predicted molar refractivity (Wildman–Crippen MR) is 83.3 cm³/mol. The number of aliphatic carboxylic acids is 1. The van der Waals surface area contributed by atoms with Crippen molar-refractivity contribution in [3.05, 3.63) is 33.3 Å². The van der Waals surface area contributed by atoms with Crippen LogP contribution in [0.25, 0.3) is 0 Å². The van der Waals surface area contributed by atoms with Crippen molar-refractivity contribution in [1.82, 2.24) is 10.2 Å². The van der Waals surface area contributed by atoms with E-state index in [9.17, 15) is 9.59 Å². The lowest BCUT2D eigenvalue weighted by Crippen LogP contribution is -2.43. The van der Waals surface area contributed by atoms with Crippen molar-refractivity contribution in [2.45, 2.75) is 32.7 Å². The first-order valence-corrected chi connectivity index (χ1v) is 7.79. The van der Waals surface area contributed by atoms with Gasteiger partial charge in [-0.05, 0) is 42.5 Å². The lowest BCUT2D eigenvalue weighted by molar-refractivity contribution is -0.137. The Balaban J connectivity index is 1.91. The number of nitrogens with zero attached hydrogens (tertiary/aromatic N) is 1. The number of amides is 2. The molecular formula is C15H19BrN2O3. The summed E-state index contributed by atoms with van der Waals surface area (Å²) in [5.41, 5.74) is 3.62. The van der Waals surface area contributed by atoms with Gasteiger partial charge in [0.05, 0.1) is 0 Å². The number of hydrogen-bond acceptors (Lipinski definition) is 2. The highest BCUT2D eigenvalue weighted by atomic mass is 79.9. The van der Waals surface area contributed by atoms with Crippen LogP contribution in [0.5, 0.6) is 0 Å². The van der Waals surface area contributed by atoms with Gasteiger partial charge in [0.15, 0.2) is 0 Å². The van der Waals surface area contributed by atoms with Crippen molar-refractivity contribution >= 4 is 27.9 Å². The number of carboxylic acids is 1. The van der Waals surface area contributed by atoms with Gasteiger partial charge in [-0.25, -0.2) is 4.79 Å². The number of carboxylic acid groups (broad SMARTS) is 1. The Morgan fingerprint density at radius 2 is 2.19 bits per heavy atom. The zero-order valence-electron chi connectivity index (χ0n) is 12.0. The van der Waals surface area contributed by atoms with Crippen molar-refractivity contribution in [1.29, 1.82) is 0 Å². The number of carbonyl (C=O) groups excluding carboxylic acids is 1. The van der Waals surface area contributed by atoms with Gasteiger partial charge in [0.25, 0.3) is 0 Å². The number of hydrogen-bond donors (Lipinski definition) is 2. The maximum absolute atomic E-state index is 12.1. The molecule has 2 N–H and O–H groups in total. The number of nitrogens with one attached hydrogen (secondary N) is 1. The van der Waals surface area contributed by atoms with E-state index in [4.69, 9.17) is 5.11 Å². The summed E-state index contributed by atoms with van der Waals surface area (Å²) >= 11 is 3.58. The molecule has 0 aromatic heterocycles. The molecule has 5 nitrogen and oxygen atoms in total. The molecule has 0 unspecified atom stereocenters. The van der Waals surface area contributed by atoms with Crippen LogP contribution in [-0.2, 0) is 17.8 Å². The van der Waals surface area contributed by atoms with E-state index < -0.39 is 5.97 Å².